The molecule has 0 aliphatic carbocycles. The van der Waals surface area contributed by atoms with E-state index in [0.29, 0.717) is 22.5 Å². The summed E-state index contributed by atoms with van der Waals surface area (Å²) in [6.45, 7) is 1.81. The van der Waals surface area contributed by atoms with Crippen molar-refractivity contribution in [3.63, 3.8) is 0 Å². The lowest BCUT2D eigenvalue weighted by Crippen LogP contribution is -2.12. The first-order chi connectivity index (χ1) is 12.2. The highest BCUT2D eigenvalue weighted by Crippen LogP contribution is 2.31. The summed E-state index contributed by atoms with van der Waals surface area (Å²) < 4.78 is 7.47. The van der Waals surface area contributed by atoms with Crippen LogP contribution in [0.1, 0.15) is 34.2 Å². The van der Waals surface area contributed by atoms with Gasteiger partial charge in [-0.05, 0) is 36.8 Å². The lowest BCUT2D eigenvalue weighted by molar-refractivity contribution is 0.130. The SMILES string of the molecule is COC(c1ccc(C#N)cc1)c1c(C#N)c(C)nn1-c1ccccc1. The molecule has 3 rings (SSSR count). The largest absolute Gasteiger partial charge is 0.370 e. The predicted molar refractivity (Wildman–Crippen MR) is 93.0 cm³/mol. The maximum absolute atomic E-state index is 9.63. The van der Waals surface area contributed by atoms with Gasteiger partial charge in [0, 0.05) is 7.11 Å². The number of benzene rings is 2. The molecule has 0 aliphatic heterocycles. The average Bonchev–Trinajstić information content (AvgIpc) is 3.00. The fourth-order valence-corrected chi connectivity index (χ4v) is 2.83. The van der Waals surface area contributed by atoms with E-state index < -0.39 is 6.10 Å². The van der Waals surface area contributed by atoms with E-state index in [-0.39, 0.29) is 0 Å². The summed E-state index contributed by atoms with van der Waals surface area (Å²) in [6.07, 6.45) is -0.469. The number of methoxy groups -OCH3 is 1. The van der Waals surface area contributed by atoms with Crippen LogP contribution in [0.2, 0.25) is 0 Å². The summed E-state index contributed by atoms with van der Waals surface area (Å²) in [6, 6.07) is 21.1. The standard InChI is InChI=1S/C20H16N4O/c1-14-18(13-22)19(24(23-14)17-6-4-3-5-7-17)20(25-2)16-10-8-15(12-21)9-11-16/h3-11,20H,1-2H3. The Bertz CT molecular complexity index is 960. The molecule has 122 valence electrons. The highest BCUT2D eigenvalue weighted by molar-refractivity contribution is 5.47. The van der Waals surface area contributed by atoms with Crippen LogP contribution in [0.3, 0.4) is 0 Å². The second kappa shape index (κ2) is 7.00. The molecule has 2 aromatic carbocycles. The van der Waals surface area contributed by atoms with Gasteiger partial charge in [0.1, 0.15) is 12.2 Å². The van der Waals surface area contributed by atoms with Gasteiger partial charge >= 0.3 is 0 Å². The summed E-state index contributed by atoms with van der Waals surface area (Å²) in [5, 5.41) is 23.2. The molecule has 5 nitrogen and oxygen atoms in total. The van der Waals surface area contributed by atoms with Gasteiger partial charge in [0.2, 0.25) is 0 Å². The smallest absolute Gasteiger partial charge is 0.126 e. The van der Waals surface area contributed by atoms with E-state index in [1.54, 1.807) is 23.9 Å². The maximum atomic E-state index is 9.63. The van der Waals surface area contributed by atoms with Gasteiger partial charge in [0.05, 0.1) is 34.3 Å². The molecule has 0 fully saturated rings. The molecular weight excluding hydrogens is 312 g/mol. The molecule has 1 aromatic heterocycles. The van der Waals surface area contributed by atoms with Crippen molar-refractivity contribution in [2.24, 2.45) is 0 Å². The summed E-state index contributed by atoms with van der Waals surface area (Å²) >= 11 is 0. The minimum atomic E-state index is -0.469. The van der Waals surface area contributed by atoms with E-state index in [2.05, 4.69) is 17.2 Å². The van der Waals surface area contributed by atoms with Crippen LogP contribution in [-0.4, -0.2) is 16.9 Å². The monoisotopic (exact) mass is 328 g/mol. The Kier molecular flexibility index (Phi) is 4.61. The van der Waals surface area contributed by atoms with Gasteiger partial charge in [-0.3, -0.25) is 0 Å². The summed E-state index contributed by atoms with van der Waals surface area (Å²) in [5.41, 5.74) is 4.12. The molecule has 0 saturated carbocycles. The summed E-state index contributed by atoms with van der Waals surface area (Å²) in [7, 11) is 1.60. The van der Waals surface area contributed by atoms with Crippen LogP contribution in [0.25, 0.3) is 5.69 Å². The number of hydrogen-bond donors (Lipinski definition) is 0. The van der Waals surface area contributed by atoms with Gasteiger partial charge in [0.25, 0.3) is 0 Å². The second-order valence-electron chi connectivity index (χ2n) is 5.55. The van der Waals surface area contributed by atoms with Crippen molar-refractivity contribution in [2.75, 3.05) is 7.11 Å². The predicted octanol–water partition coefficient (Wildman–Crippen LogP) is 3.66. The highest BCUT2D eigenvalue weighted by Gasteiger charge is 2.26. The fourth-order valence-electron chi connectivity index (χ4n) is 2.83. The molecule has 25 heavy (non-hydrogen) atoms. The Labute approximate surface area is 146 Å². The molecule has 1 atom stereocenters. The average molecular weight is 328 g/mol. The molecule has 5 heteroatoms. The van der Waals surface area contributed by atoms with E-state index in [9.17, 15) is 5.26 Å². The van der Waals surface area contributed by atoms with Crippen molar-refractivity contribution < 1.29 is 4.74 Å². The number of nitriles is 2. The molecular formula is C20H16N4O. The van der Waals surface area contributed by atoms with Crippen LogP contribution in [-0.2, 0) is 4.74 Å². The Hall–Kier alpha value is -3.41. The lowest BCUT2D eigenvalue weighted by atomic mass is 10.0. The molecule has 0 radical (unpaired) electrons. The third-order valence-corrected chi connectivity index (χ3v) is 4.04. The first-order valence-electron chi connectivity index (χ1n) is 7.77. The molecule has 0 bridgehead atoms. The Balaban J connectivity index is 2.19. The van der Waals surface area contributed by atoms with E-state index in [1.165, 1.54) is 0 Å². The highest BCUT2D eigenvalue weighted by atomic mass is 16.5. The number of hydrogen-bond acceptors (Lipinski definition) is 4. The molecule has 0 spiro atoms. The van der Waals surface area contributed by atoms with Crippen molar-refractivity contribution in [3.05, 3.63) is 82.7 Å². The Morgan fingerprint density at radius 1 is 1.00 bits per heavy atom. The van der Waals surface area contributed by atoms with E-state index in [4.69, 9.17) is 10.00 Å². The number of aryl methyl sites for hydroxylation is 1. The number of rotatable bonds is 4. The van der Waals surface area contributed by atoms with Crippen molar-refractivity contribution in [3.8, 4) is 17.8 Å². The topological polar surface area (TPSA) is 74.6 Å². The number of ether oxygens (including phenoxy) is 1. The van der Waals surface area contributed by atoms with Crippen molar-refractivity contribution in [1.82, 2.24) is 9.78 Å². The lowest BCUT2D eigenvalue weighted by Gasteiger charge is -2.18. The quantitative estimate of drug-likeness (QED) is 0.732. The van der Waals surface area contributed by atoms with Gasteiger partial charge in [0.15, 0.2) is 0 Å². The van der Waals surface area contributed by atoms with Crippen LogP contribution >= 0.6 is 0 Å². The summed E-state index contributed by atoms with van der Waals surface area (Å²) in [5.74, 6) is 0. The third kappa shape index (κ3) is 3.01. The molecule has 1 heterocycles. The van der Waals surface area contributed by atoms with Crippen LogP contribution in [0.4, 0.5) is 0 Å². The first kappa shape index (κ1) is 16.4. The molecule has 0 saturated heterocycles. The van der Waals surface area contributed by atoms with Gasteiger partial charge in [-0.25, -0.2) is 4.68 Å². The second-order valence-corrected chi connectivity index (χ2v) is 5.55. The van der Waals surface area contributed by atoms with Crippen LogP contribution in [0.5, 0.6) is 0 Å². The van der Waals surface area contributed by atoms with Gasteiger partial charge < -0.3 is 4.74 Å². The first-order valence-corrected chi connectivity index (χ1v) is 7.77. The molecule has 0 aliphatic rings. The van der Waals surface area contributed by atoms with Gasteiger partial charge in [-0.2, -0.15) is 15.6 Å². The minimum Gasteiger partial charge on any atom is -0.370 e. The maximum Gasteiger partial charge on any atom is 0.126 e. The normalized spacial score (nSPS) is 11.5. The third-order valence-electron chi connectivity index (χ3n) is 4.04. The summed E-state index contributed by atoms with van der Waals surface area (Å²) in [4.78, 5) is 0. The zero-order chi connectivity index (χ0) is 17.8. The van der Waals surface area contributed by atoms with Crippen LogP contribution in [0, 0.1) is 29.6 Å². The zero-order valence-electron chi connectivity index (χ0n) is 14.0. The van der Waals surface area contributed by atoms with Gasteiger partial charge in [-0.1, -0.05) is 30.3 Å². The fraction of sp³-hybridized carbons (Fsp3) is 0.150. The molecule has 3 aromatic rings. The van der Waals surface area contributed by atoms with Crippen molar-refractivity contribution in [1.29, 1.82) is 10.5 Å². The van der Waals surface area contributed by atoms with Crippen LogP contribution < -0.4 is 0 Å². The van der Waals surface area contributed by atoms with Crippen LogP contribution in [0.15, 0.2) is 54.6 Å². The number of para-hydroxylation sites is 1. The molecule has 1 unspecified atom stereocenters. The minimum absolute atomic E-state index is 0.469. The number of nitrogens with zero attached hydrogens (tertiary/aromatic N) is 4. The molecule has 0 N–H and O–H groups in total. The van der Waals surface area contributed by atoms with Gasteiger partial charge in [-0.15, -0.1) is 0 Å². The van der Waals surface area contributed by atoms with Crippen molar-refractivity contribution >= 4 is 0 Å². The van der Waals surface area contributed by atoms with E-state index >= 15 is 0 Å². The Morgan fingerprint density at radius 2 is 1.68 bits per heavy atom. The van der Waals surface area contributed by atoms with E-state index in [0.717, 1.165) is 11.3 Å². The van der Waals surface area contributed by atoms with Crippen molar-refractivity contribution in [2.45, 2.75) is 13.0 Å². The zero-order valence-corrected chi connectivity index (χ0v) is 14.0. The molecule has 0 amide bonds. The Morgan fingerprint density at radius 3 is 2.24 bits per heavy atom. The number of aromatic nitrogens is 2. The van der Waals surface area contributed by atoms with E-state index in [1.807, 2.05) is 49.4 Å².